The molecule has 35 heavy (non-hydrogen) atoms. The van der Waals surface area contributed by atoms with Crippen molar-refractivity contribution in [2.24, 2.45) is 0 Å². The predicted molar refractivity (Wildman–Crippen MR) is 130 cm³/mol. The Morgan fingerprint density at radius 1 is 0.971 bits per heavy atom. The Morgan fingerprint density at radius 2 is 1.77 bits per heavy atom. The minimum absolute atomic E-state index is 0.0233. The van der Waals surface area contributed by atoms with Gasteiger partial charge >= 0.3 is 0 Å². The number of nitrogens with one attached hydrogen (secondary N) is 1. The highest BCUT2D eigenvalue weighted by Gasteiger charge is 2.18. The zero-order valence-corrected chi connectivity index (χ0v) is 18.7. The monoisotopic (exact) mass is 492 g/mol. The number of carbonyl (C=O) groups excluding carboxylic acids is 1. The van der Waals surface area contributed by atoms with Gasteiger partial charge in [0.05, 0.1) is 39.2 Å². The van der Waals surface area contributed by atoms with Crippen LogP contribution in [0.2, 0.25) is 5.02 Å². The van der Waals surface area contributed by atoms with Crippen LogP contribution in [0, 0.1) is 17.5 Å². The molecule has 0 spiro atoms. The number of benzene rings is 3. The van der Waals surface area contributed by atoms with Crippen LogP contribution < -0.4 is 11.1 Å². The summed E-state index contributed by atoms with van der Waals surface area (Å²) in [5.41, 5.74) is 8.26. The van der Waals surface area contributed by atoms with Crippen LogP contribution in [0.25, 0.3) is 28.0 Å². The number of rotatable bonds is 4. The lowest BCUT2D eigenvalue weighted by atomic mass is 10.0. The summed E-state index contributed by atoms with van der Waals surface area (Å²) in [6.45, 7) is 0. The summed E-state index contributed by atoms with van der Waals surface area (Å²) >= 11 is 6.30. The molecule has 0 atom stereocenters. The maximum atomic E-state index is 14.4. The average Bonchev–Trinajstić information content (AvgIpc) is 3.27. The first kappa shape index (κ1) is 22.5. The Labute approximate surface area is 202 Å². The second-order valence-corrected chi connectivity index (χ2v) is 8.15. The van der Waals surface area contributed by atoms with Gasteiger partial charge in [-0.1, -0.05) is 29.8 Å². The number of nitrogen functional groups attached to an aromatic ring is 1. The molecule has 0 radical (unpaired) electrons. The van der Waals surface area contributed by atoms with E-state index in [4.69, 9.17) is 17.3 Å². The van der Waals surface area contributed by atoms with Gasteiger partial charge in [0.15, 0.2) is 11.6 Å². The molecule has 5 rings (SSSR count). The van der Waals surface area contributed by atoms with Gasteiger partial charge in [-0.05, 0) is 54.1 Å². The number of anilines is 2. The quantitative estimate of drug-likeness (QED) is 0.279. The van der Waals surface area contributed by atoms with Gasteiger partial charge < -0.3 is 11.1 Å². The van der Waals surface area contributed by atoms with Gasteiger partial charge in [-0.3, -0.25) is 9.20 Å². The summed E-state index contributed by atoms with van der Waals surface area (Å²) < 4.78 is 43.2. The van der Waals surface area contributed by atoms with Crippen LogP contribution in [-0.4, -0.2) is 15.3 Å². The van der Waals surface area contributed by atoms with E-state index in [1.54, 1.807) is 41.1 Å². The topological polar surface area (TPSA) is 72.4 Å². The van der Waals surface area contributed by atoms with Crippen molar-refractivity contribution in [2.75, 3.05) is 11.1 Å². The molecule has 3 aromatic carbocycles. The number of pyridine rings is 1. The van der Waals surface area contributed by atoms with E-state index in [0.717, 1.165) is 12.1 Å². The Kier molecular flexibility index (Phi) is 5.66. The molecule has 2 heterocycles. The van der Waals surface area contributed by atoms with Crippen molar-refractivity contribution in [3.63, 3.8) is 0 Å². The number of nitrogens with zero attached hydrogens (tertiary/aromatic N) is 2. The lowest BCUT2D eigenvalue weighted by Crippen LogP contribution is -2.14. The Bertz CT molecular complexity index is 1620. The summed E-state index contributed by atoms with van der Waals surface area (Å²) in [6.07, 6.45) is 3.23. The van der Waals surface area contributed by atoms with E-state index < -0.39 is 23.4 Å². The van der Waals surface area contributed by atoms with Crippen LogP contribution in [0.5, 0.6) is 0 Å². The van der Waals surface area contributed by atoms with Crippen LogP contribution in [0.4, 0.5) is 24.5 Å². The third-order valence-corrected chi connectivity index (χ3v) is 5.88. The lowest BCUT2D eigenvalue weighted by Gasteiger charge is -2.12. The van der Waals surface area contributed by atoms with E-state index in [2.05, 4.69) is 10.3 Å². The highest BCUT2D eigenvalue weighted by Crippen LogP contribution is 2.32. The van der Waals surface area contributed by atoms with Gasteiger partial charge in [0.2, 0.25) is 0 Å². The van der Waals surface area contributed by atoms with Crippen molar-refractivity contribution >= 4 is 34.4 Å². The second kappa shape index (κ2) is 8.81. The van der Waals surface area contributed by atoms with Gasteiger partial charge in [-0.2, -0.15) is 0 Å². The highest BCUT2D eigenvalue weighted by atomic mass is 35.5. The molecule has 0 aliphatic rings. The Hall–Kier alpha value is -4.30. The van der Waals surface area contributed by atoms with E-state index in [9.17, 15) is 18.0 Å². The molecule has 174 valence electrons. The number of hydrogen-bond donors (Lipinski definition) is 2. The fourth-order valence-corrected chi connectivity index (χ4v) is 4.05. The molecule has 1 amide bonds. The molecule has 3 N–H and O–H groups in total. The molecule has 0 aliphatic carbocycles. The number of imidazole rings is 1. The van der Waals surface area contributed by atoms with Crippen LogP contribution in [0.1, 0.15) is 10.4 Å². The third-order valence-electron chi connectivity index (χ3n) is 5.55. The van der Waals surface area contributed by atoms with Crippen LogP contribution in [0.15, 0.2) is 79.1 Å². The molecule has 0 unspecified atom stereocenters. The van der Waals surface area contributed by atoms with Crippen molar-refractivity contribution in [1.29, 1.82) is 0 Å². The molecule has 0 fully saturated rings. The molecule has 5 nitrogen and oxygen atoms in total. The van der Waals surface area contributed by atoms with E-state index in [1.807, 2.05) is 6.07 Å². The van der Waals surface area contributed by atoms with Crippen molar-refractivity contribution < 1.29 is 18.0 Å². The molecular formula is C26H16ClF3N4O. The van der Waals surface area contributed by atoms with Gasteiger partial charge in [0.1, 0.15) is 11.6 Å². The summed E-state index contributed by atoms with van der Waals surface area (Å²) in [5, 5.41) is 2.84. The largest absolute Gasteiger partial charge is 0.397 e. The summed E-state index contributed by atoms with van der Waals surface area (Å²) in [4.78, 5) is 17.2. The maximum absolute atomic E-state index is 14.4. The van der Waals surface area contributed by atoms with E-state index in [1.165, 1.54) is 24.3 Å². The number of aromatic nitrogens is 2. The van der Waals surface area contributed by atoms with Gasteiger partial charge in [-0.25, -0.2) is 18.2 Å². The second-order valence-electron chi connectivity index (χ2n) is 7.74. The number of carbonyl (C=O) groups is 1. The number of nitrogens with two attached hydrogens (primary N) is 1. The molecule has 5 aromatic rings. The van der Waals surface area contributed by atoms with Gasteiger partial charge in [0, 0.05) is 11.8 Å². The molecule has 0 bridgehead atoms. The fourth-order valence-electron chi connectivity index (χ4n) is 3.85. The third kappa shape index (κ3) is 4.08. The first-order valence-electron chi connectivity index (χ1n) is 10.4. The molecule has 0 saturated heterocycles. The average molecular weight is 493 g/mol. The van der Waals surface area contributed by atoms with Crippen molar-refractivity contribution in [2.45, 2.75) is 0 Å². The van der Waals surface area contributed by atoms with Crippen LogP contribution in [0.3, 0.4) is 0 Å². The first-order valence-corrected chi connectivity index (χ1v) is 10.8. The van der Waals surface area contributed by atoms with Gasteiger partial charge in [-0.15, -0.1) is 0 Å². The smallest absolute Gasteiger partial charge is 0.257 e. The van der Waals surface area contributed by atoms with E-state index in [0.29, 0.717) is 16.6 Å². The summed E-state index contributed by atoms with van der Waals surface area (Å²) in [7, 11) is 0. The number of hydrogen-bond acceptors (Lipinski definition) is 3. The fraction of sp³-hybridized carbons (Fsp3) is 0. The molecular weight excluding hydrogens is 477 g/mol. The van der Waals surface area contributed by atoms with Crippen molar-refractivity contribution in [3.05, 3.63) is 107 Å². The summed E-state index contributed by atoms with van der Waals surface area (Å²) in [5.74, 6) is -2.77. The SMILES string of the molecule is Nc1cc(F)ccc1NC(=O)c1cc(-c2cccn3c(-c4cccc(F)c4F)ncc23)ccc1Cl. The van der Waals surface area contributed by atoms with Crippen LogP contribution in [-0.2, 0) is 0 Å². The molecule has 9 heteroatoms. The van der Waals surface area contributed by atoms with E-state index in [-0.39, 0.29) is 33.3 Å². The number of amides is 1. The number of fused-ring (bicyclic) bond motifs is 1. The maximum Gasteiger partial charge on any atom is 0.257 e. The lowest BCUT2D eigenvalue weighted by molar-refractivity contribution is 0.102. The normalized spacial score (nSPS) is 11.1. The highest BCUT2D eigenvalue weighted by molar-refractivity contribution is 6.34. The summed E-state index contributed by atoms with van der Waals surface area (Å²) in [6, 6.07) is 16.0. The zero-order valence-electron chi connectivity index (χ0n) is 17.9. The molecule has 0 aliphatic heterocycles. The Morgan fingerprint density at radius 3 is 2.57 bits per heavy atom. The van der Waals surface area contributed by atoms with Crippen molar-refractivity contribution in [1.82, 2.24) is 9.38 Å². The zero-order chi connectivity index (χ0) is 24.7. The first-order chi connectivity index (χ1) is 16.8. The Balaban J connectivity index is 1.56. The van der Waals surface area contributed by atoms with Crippen LogP contribution >= 0.6 is 11.6 Å². The molecule has 0 saturated carbocycles. The minimum Gasteiger partial charge on any atom is -0.397 e. The standard InChI is InChI=1S/C26H16ClF3N4O/c27-19-8-6-14(11-18(19)26(35)33-22-9-7-15(28)12-21(22)31)16-4-2-10-34-23(16)13-32-25(34)17-3-1-5-20(29)24(17)30/h1-13H,31H2,(H,33,35). The van der Waals surface area contributed by atoms with Gasteiger partial charge in [0.25, 0.3) is 5.91 Å². The predicted octanol–water partition coefficient (Wildman–Crippen LogP) is 6.57. The molecule has 2 aromatic heterocycles. The number of halogens is 4. The minimum atomic E-state index is -0.990. The van der Waals surface area contributed by atoms with E-state index >= 15 is 0 Å². The van der Waals surface area contributed by atoms with Crippen molar-refractivity contribution in [3.8, 4) is 22.5 Å².